The number of carbonyl (C=O) groups is 2. The van der Waals surface area contributed by atoms with Crippen LogP contribution in [0.3, 0.4) is 0 Å². The number of halogens is 2. The lowest BCUT2D eigenvalue weighted by atomic mass is 10.1. The first-order chi connectivity index (χ1) is 15.0. The molecule has 3 aromatic rings. The topological polar surface area (TPSA) is 108 Å². The lowest BCUT2D eigenvalue weighted by Crippen LogP contribution is -2.16. The van der Waals surface area contributed by atoms with Crippen LogP contribution in [0, 0.1) is 13.8 Å². The molecule has 0 amide bonds. The van der Waals surface area contributed by atoms with Crippen molar-refractivity contribution < 1.29 is 22.7 Å². The highest BCUT2D eigenvalue weighted by atomic mass is 35.5. The van der Waals surface area contributed by atoms with Gasteiger partial charge in [-0.15, -0.1) is 0 Å². The van der Waals surface area contributed by atoms with Crippen LogP contribution < -0.4 is 5.14 Å². The average molecular weight is 495 g/mol. The minimum Gasteiger partial charge on any atom is -0.457 e. The van der Waals surface area contributed by atoms with E-state index in [1.165, 1.54) is 12.1 Å². The number of hydrogen-bond donors (Lipinski definition) is 1. The van der Waals surface area contributed by atoms with Gasteiger partial charge >= 0.3 is 5.97 Å². The Hall–Kier alpha value is -2.65. The normalized spacial score (nSPS) is 11.4. The number of ether oxygens (including phenoxy) is 1. The second-order valence-electron chi connectivity index (χ2n) is 7.12. The second-order valence-corrected chi connectivity index (χ2v) is 9.50. The second kappa shape index (κ2) is 9.46. The zero-order valence-corrected chi connectivity index (χ0v) is 19.6. The molecular formula is C22H20Cl2N2O5S. The third-order valence-electron chi connectivity index (χ3n) is 4.90. The SMILES string of the molecule is Cc1cc(C(=O)COC(=O)Cc2c(Cl)cccc2Cl)c(C)n1-c1ccc(S(N)(=O)=O)cc1. The Morgan fingerprint density at radius 3 is 2.19 bits per heavy atom. The van der Waals surface area contributed by atoms with E-state index in [0.29, 0.717) is 32.6 Å². The Bertz CT molecular complexity index is 1280. The fourth-order valence-corrected chi connectivity index (χ4v) is 4.39. The van der Waals surface area contributed by atoms with E-state index in [2.05, 4.69) is 0 Å². The number of aryl methyl sites for hydroxylation is 1. The molecule has 1 heterocycles. The molecule has 32 heavy (non-hydrogen) atoms. The van der Waals surface area contributed by atoms with Crippen LogP contribution in [0.2, 0.25) is 10.0 Å². The van der Waals surface area contributed by atoms with Crippen molar-refractivity contribution >= 4 is 45.0 Å². The van der Waals surface area contributed by atoms with Gasteiger partial charge in [0.15, 0.2) is 6.61 Å². The summed E-state index contributed by atoms with van der Waals surface area (Å²) in [5.41, 5.74) is 2.87. The first-order valence-electron chi connectivity index (χ1n) is 9.43. The molecule has 0 bridgehead atoms. The Morgan fingerprint density at radius 1 is 1.03 bits per heavy atom. The molecule has 3 rings (SSSR count). The summed E-state index contributed by atoms with van der Waals surface area (Å²) in [6.07, 6.45) is -0.152. The maximum Gasteiger partial charge on any atom is 0.310 e. The molecule has 0 aliphatic rings. The van der Waals surface area contributed by atoms with Gasteiger partial charge in [-0.25, -0.2) is 13.6 Å². The average Bonchev–Trinajstić information content (AvgIpc) is 3.02. The summed E-state index contributed by atoms with van der Waals surface area (Å²) in [5, 5.41) is 5.83. The molecule has 168 valence electrons. The van der Waals surface area contributed by atoms with Gasteiger partial charge in [-0.1, -0.05) is 29.3 Å². The van der Waals surface area contributed by atoms with Crippen molar-refractivity contribution in [3.63, 3.8) is 0 Å². The van der Waals surface area contributed by atoms with Crippen molar-refractivity contribution in [2.45, 2.75) is 25.2 Å². The first kappa shape index (κ1) is 24.0. The molecule has 0 fully saturated rings. The van der Waals surface area contributed by atoms with E-state index < -0.39 is 22.6 Å². The van der Waals surface area contributed by atoms with Crippen LogP contribution >= 0.6 is 23.2 Å². The van der Waals surface area contributed by atoms with E-state index in [-0.39, 0.29) is 17.1 Å². The number of nitrogens with zero attached hydrogens (tertiary/aromatic N) is 1. The summed E-state index contributed by atoms with van der Waals surface area (Å²) in [7, 11) is -3.80. The minimum absolute atomic E-state index is 0.00875. The molecule has 10 heteroatoms. The lowest BCUT2D eigenvalue weighted by molar-refractivity contribution is -0.141. The molecule has 7 nitrogen and oxygen atoms in total. The molecule has 1 aromatic heterocycles. The summed E-state index contributed by atoms with van der Waals surface area (Å²) in [5.74, 6) is -0.996. The van der Waals surface area contributed by atoms with Gasteiger partial charge in [0.05, 0.1) is 11.3 Å². The number of nitrogens with two attached hydrogens (primary N) is 1. The van der Waals surface area contributed by atoms with Crippen LogP contribution in [-0.2, 0) is 26.0 Å². The van der Waals surface area contributed by atoms with Crippen LogP contribution in [0.4, 0.5) is 0 Å². The predicted molar refractivity (Wildman–Crippen MR) is 122 cm³/mol. The highest BCUT2D eigenvalue weighted by Crippen LogP contribution is 2.25. The highest BCUT2D eigenvalue weighted by Gasteiger charge is 2.19. The van der Waals surface area contributed by atoms with E-state index in [1.54, 1.807) is 47.9 Å². The number of ketones is 1. The molecule has 0 unspecified atom stereocenters. The smallest absolute Gasteiger partial charge is 0.310 e. The van der Waals surface area contributed by atoms with Gasteiger partial charge in [0.2, 0.25) is 15.8 Å². The van der Waals surface area contributed by atoms with Crippen LogP contribution in [0.1, 0.15) is 27.3 Å². The largest absolute Gasteiger partial charge is 0.457 e. The number of carbonyl (C=O) groups excluding carboxylic acids is 2. The highest BCUT2D eigenvalue weighted by molar-refractivity contribution is 7.89. The van der Waals surface area contributed by atoms with Gasteiger partial charge < -0.3 is 9.30 Å². The number of aromatic nitrogens is 1. The molecule has 0 aliphatic carbocycles. The van der Waals surface area contributed by atoms with Gasteiger partial charge in [0.1, 0.15) is 0 Å². The summed E-state index contributed by atoms with van der Waals surface area (Å²) >= 11 is 12.1. The zero-order valence-electron chi connectivity index (χ0n) is 17.3. The summed E-state index contributed by atoms with van der Waals surface area (Å²) in [6.45, 7) is 3.12. The van der Waals surface area contributed by atoms with E-state index in [9.17, 15) is 18.0 Å². The number of sulfonamides is 1. The number of Topliss-reactive ketones (excluding diaryl/α,β-unsaturated/α-hetero) is 1. The number of rotatable bonds is 7. The van der Waals surface area contributed by atoms with Crippen LogP contribution in [0.15, 0.2) is 53.4 Å². The van der Waals surface area contributed by atoms with E-state index in [0.717, 1.165) is 5.69 Å². The number of primary sulfonamides is 1. The van der Waals surface area contributed by atoms with Crippen molar-refractivity contribution in [1.82, 2.24) is 4.57 Å². The molecule has 0 saturated carbocycles. The van der Waals surface area contributed by atoms with Gasteiger partial charge in [-0.05, 0) is 56.3 Å². The third kappa shape index (κ3) is 5.21. The Balaban J connectivity index is 1.74. The maximum absolute atomic E-state index is 12.7. The zero-order chi connectivity index (χ0) is 23.6. The van der Waals surface area contributed by atoms with E-state index in [4.69, 9.17) is 33.1 Å². The molecule has 0 radical (unpaired) electrons. The van der Waals surface area contributed by atoms with Crippen LogP contribution in [0.25, 0.3) is 5.69 Å². The fraction of sp³-hybridized carbons (Fsp3) is 0.182. The number of hydrogen-bond acceptors (Lipinski definition) is 5. The quantitative estimate of drug-likeness (QED) is 0.394. The Labute approximate surface area is 195 Å². The molecule has 2 aromatic carbocycles. The Morgan fingerprint density at radius 2 is 1.62 bits per heavy atom. The van der Waals surface area contributed by atoms with Gasteiger partial charge in [0, 0.05) is 38.2 Å². The van der Waals surface area contributed by atoms with Crippen LogP contribution in [0.5, 0.6) is 0 Å². The van der Waals surface area contributed by atoms with E-state index in [1.807, 2.05) is 6.92 Å². The van der Waals surface area contributed by atoms with Crippen molar-refractivity contribution in [1.29, 1.82) is 0 Å². The molecule has 0 aliphatic heterocycles. The van der Waals surface area contributed by atoms with Crippen molar-refractivity contribution in [2.75, 3.05) is 6.61 Å². The number of esters is 1. The van der Waals surface area contributed by atoms with Crippen molar-refractivity contribution in [2.24, 2.45) is 5.14 Å². The molecule has 0 spiro atoms. The fourth-order valence-electron chi connectivity index (χ4n) is 3.35. The maximum atomic E-state index is 12.7. The predicted octanol–water partition coefficient (Wildman–Crippen LogP) is 4.02. The summed E-state index contributed by atoms with van der Waals surface area (Å²) in [6, 6.07) is 12.6. The molecule has 2 N–H and O–H groups in total. The van der Waals surface area contributed by atoms with Gasteiger partial charge in [-0.2, -0.15) is 0 Å². The number of benzene rings is 2. The first-order valence-corrected chi connectivity index (χ1v) is 11.7. The van der Waals surface area contributed by atoms with Crippen molar-refractivity contribution in [3.8, 4) is 5.69 Å². The minimum atomic E-state index is -3.80. The molecule has 0 atom stereocenters. The lowest BCUT2D eigenvalue weighted by Gasteiger charge is -2.11. The Kier molecular flexibility index (Phi) is 7.09. The van der Waals surface area contributed by atoms with Gasteiger partial charge in [-0.3, -0.25) is 9.59 Å². The summed E-state index contributed by atoms with van der Waals surface area (Å²) in [4.78, 5) is 24.9. The third-order valence-corrected chi connectivity index (χ3v) is 6.54. The van der Waals surface area contributed by atoms with Crippen LogP contribution in [-0.4, -0.2) is 31.3 Å². The monoisotopic (exact) mass is 494 g/mol. The van der Waals surface area contributed by atoms with Crippen molar-refractivity contribution in [3.05, 3.63) is 81.1 Å². The van der Waals surface area contributed by atoms with E-state index >= 15 is 0 Å². The summed E-state index contributed by atoms with van der Waals surface area (Å²) < 4.78 is 29.9. The standard InChI is InChI=1S/C22H20Cl2N2O5S/c1-13-10-17(14(2)26(13)15-6-8-16(9-7-15)32(25,29)30)21(27)12-31-22(28)11-18-19(23)4-3-5-20(18)24/h3-10H,11-12H2,1-2H3,(H2,25,29,30). The molecule has 0 saturated heterocycles. The van der Waals surface area contributed by atoms with Gasteiger partial charge in [0.25, 0.3) is 0 Å². The molecular weight excluding hydrogens is 475 g/mol.